The first-order chi connectivity index (χ1) is 25.0. The maximum absolute atomic E-state index is 13.2. The Hall–Kier alpha value is -3.87. The molecule has 11 nitrogen and oxygen atoms in total. The lowest BCUT2D eigenvalue weighted by atomic mass is 9.84. The molecule has 2 saturated carbocycles. The van der Waals surface area contributed by atoms with Crippen molar-refractivity contribution in [3.63, 3.8) is 0 Å². The Morgan fingerprint density at radius 2 is 1.75 bits per heavy atom. The van der Waals surface area contributed by atoms with E-state index in [1.54, 1.807) is 0 Å². The molecule has 3 aromatic rings. The Bertz CT molecular complexity index is 1660. The number of benzene rings is 2. The van der Waals surface area contributed by atoms with Crippen LogP contribution in [-0.2, 0) is 21.4 Å². The molecule has 282 valence electrons. The molecule has 6 N–H and O–H groups in total. The number of likely N-dealkylation sites (N-methyl/N-ethyl adjacent to an activating group) is 1. The minimum atomic E-state index is -1.83. The number of amides is 2. The Balaban J connectivity index is 1.19. The predicted molar refractivity (Wildman–Crippen MR) is 198 cm³/mol. The van der Waals surface area contributed by atoms with E-state index in [0.717, 1.165) is 61.2 Å². The maximum Gasteiger partial charge on any atom is 0.239 e. The number of para-hydroxylation sites is 1. The Morgan fingerprint density at radius 1 is 1.02 bits per heavy atom. The standard InChI is InChI=1S/C41H55N3O8/c1-26(7-6-10-38(49)44(24-37(48)42-3)23-34(46)39(50)40(51)35(47)25-45)28-12-11-27(2)29(21-28)15-17-41(18-19-41)33-22-43-20-16-31(33)32-8-4-5-9-36(32)52-30-13-14-30/h4-5,8-9,11-12,16,20-22,26,30,34-35,39-40,45-47,50-51H,6-7,10,13-15,17-19,23-25H2,1-3H3,(H,42,48)/t26?,34-,35+,39+,40+/m0/s1. The molecule has 2 fully saturated rings. The highest BCUT2D eigenvalue weighted by molar-refractivity contribution is 5.84. The monoisotopic (exact) mass is 717 g/mol. The van der Waals surface area contributed by atoms with Gasteiger partial charge in [0, 0.05) is 38.0 Å². The van der Waals surface area contributed by atoms with Gasteiger partial charge in [-0.15, -0.1) is 0 Å². The van der Waals surface area contributed by atoms with Crippen LogP contribution in [0.15, 0.2) is 60.9 Å². The van der Waals surface area contributed by atoms with Gasteiger partial charge in [0.15, 0.2) is 0 Å². The van der Waals surface area contributed by atoms with Crippen LogP contribution in [0.5, 0.6) is 5.75 Å². The molecule has 2 aliphatic rings. The van der Waals surface area contributed by atoms with Crippen LogP contribution >= 0.6 is 0 Å². The molecule has 2 aromatic carbocycles. The summed E-state index contributed by atoms with van der Waals surface area (Å²) in [7, 11) is 1.43. The number of hydrogen-bond acceptors (Lipinski definition) is 9. The van der Waals surface area contributed by atoms with Crippen molar-refractivity contribution in [2.24, 2.45) is 0 Å². The van der Waals surface area contributed by atoms with E-state index in [-0.39, 0.29) is 30.2 Å². The molecular formula is C41H55N3O8. The van der Waals surface area contributed by atoms with Gasteiger partial charge in [0.25, 0.3) is 0 Å². The van der Waals surface area contributed by atoms with Crippen LogP contribution in [0.3, 0.4) is 0 Å². The van der Waals surface area contributed by atoms with E-state index in [4.69, 9.17) is 9.84 Å². The van der Waals surface area contributed by atoms with Crippen molar-refractivity contribution in [3.05, 3.63) is 83.2 Å². The van der Waals surface area contributed by atoms with E-state index < -0.39 is 43.5 Å². The molecule has 0 spiro atoms. The summed E-state index contributed by atoms with van der Waals surface area (Å²) in [6, 6.07) is 17.1. The number of aliphatic hydroxyl groups is 5. The highest BCUT2D eigenvalue weighted by atomic mass is 16.5. The topological polar surface area (TPSA) is 173 Å². The second-order valence-electron chi connectivity index (χ2n) is 14.7. The van der Waals surface area contributed by atoms with E-state index in [1.165, 1.54) is 34.9 Å². The first kappa shape index (κ1) is 39.3. The fourth-order valence-electron chi connectivity index (χ4n) is 6.94. The summed E-state index contributed by atoms with van der Waals surface area (Å²) < 4.78 is 6.29. The van der Waals surface area contributed by atoms with Gasteiger partial charge in [-0.05, 0) is 110 Å². The maximum atomic E-state index is 13.2. The zero-order chi connectivity index (χ0) is 37.4. The third-order valence-electron chi connectivity index (χ3n) is 10.8. The summed E-state index contributed by atoms with van der Waals surface area (Å²) in [6.45, 7) is 2.71. The van der Waals surface area contributed by atoms with E-state index in [2.05, 4.69) is 66.6 Å². The summed E-state index contributed by atoms with van der Waals surface area (Å²) >= 11 is 0. The van der Waals surface area contributed by atoms with Gasteiger partial charge in [-0.1, -0.05) is 43.3 Å². The summed E-state index contributed by atoms with van der Waals surface area (Å²) in [4.78, 5) is 31.0. The molecule has 52 heavy (non-hydrogen) atoms. The van der Waals surface area contributed by atoms with E-state index in [9.17, 15) is 30.0 Å². The normalized spacial score (nSPS) is 17.8. The number of nitrogens with zero attached hydrogens (tertiary/aromatic N) is 2. The molecule has 5 atom stereocenters. The van der Waals surface area contributed by atoms with Gasteiger partial charge in [-0.25, -0.2) is 0 Å². The van der Waals surface area contributed by atoms with Gasteiger partial charge in [0.2, 0.25) is 11.8 Å². The number of rotatable bonds is 20. The minimum absolute atomic E-state index is 0.0750. The van der Waals surface area contributed by atoms with Gasteiger partial charge >= 0.3 is 0 Å². The average Bonchev–Trinajstić information content (AvgIpc) is 4.11. The summed E-state index contributed by atoms with van der Waals surface area (Å²) in [6.07, 6.45) is 5.07. The van der Waals surface area contributed by atoms with E-state index >= 15 is 0 Å². The average molecular weight is 718 g/mol. The van der Waals surface area contributed by atoms with Crippen LogP contribution in [0.4, 0.5) is 0 Å². The number of aromatic nitrogens is 1. The largest absolute Gasteiger partial charge is 0.490 e. The SMILES string of the molecule is CNC(=O)CN(C[C@H](O)[C@@H](O)[C@H](O)[C@H](O)CO)C(=O)CCCC(C)c1ccc(C)c(CCC2(c3cnccc3-c3ccccc3OC3CC3)CC2)c1. The van der Waals surface area contributed by atoms with E-state index in [0.29, 0.717) is 12.5 Å². The lowest BCUT2D eigenvalue weighted by molar-refractivity contribution is -0.143. The third kappa shape index (κ3) is 9.96. The molecule has 1 heterocycles. The smallest absolute Gasteiger partial charge is 0.239 e. The Labute approximate surface area is 306 Å². The van der Waals surface area contributed by atoms with Gasteiger partial charge in [0.05, 0.1) is 19.3 Å². The van der Waals surface area contributed by atoms with Crippen molar-refractivity contribution in [2.75, 3.05) is 26.7 Å². The van der Waals surface area contributed by atoms with Crippen LogP contribution in [0, 0.1) is 6.92 Å². The molecule has 1 aromatic heterocycles. The van der Waals surface area contributed by atoms with Crippen LogP contribution in [0.2, 0.25) is 0 Å². The zero-order valence-electron chi connectivity index (χ0n) is 30.6. The highest BCUT2D eigenvalue weighted by Crippen LogP contribution is 2.55. The number of aliphatic hydroxyl groups excluding tert-OH is 5. The lowest BCUT2D eigenvalue weighted by Crippen LogP contribution is -2.52. The molecule has 0 bridgehead atoms. The first-order valence-electron chi connectivity index (χ1n) is 18.6. The van der Waals surface area contributed by atoms with Gasteiger partial charge in [0.1, 0.15) is 30.2 Å². The number of pyridine rings is 1. The first-order valence-corrected chi connectivity index (χ1v) is 18.6. The van der Waals surface area contributed by atoms with Crippen LogP contribution in [0.25, 0.3) is 11.1 Å². The molecular weight excluding hydrogens is 662 g/mol. The molecule has 0 radical (unpaired) electrons. The second kappa shape index (κ2) is 17.8. The Kier molecular flexibility index (Phi) is 13.4. The van der Waals surface area contributed by atoms with Crippen molar-refractivity contribution in [1.29, 1.82) is 0 Å². The molecule has 11 heteroatoms. The number of aryl methyl sites for hydroxylation is 2. The number of carbonyl (C=O) groups is 2. The fourth-order valence-corrected chi connectivity index (χ4v) is 6.94. The predicted octanol–water partition coefficient (Wildman–Crippen LogP) is 3.55. The van der Waals surface area contributed by atoms with Crippen LogP contribution in [-0.4, -0.2) is 104 Å². The number of ether oxygens (including phenoxy) is 1. The fraction of sp³-hybridized carbons (Fsp3) is 0.537. The van der Waals surface area contributed by atoms with Gasteiger partial charge in [-0.3, -0.25) is 14.6 Å². The summed E-state index contributed by atoms with van der Waals surface area (Å²) in [5.74, 6) is 0.282. The number of carbonyl (C=O) groups excluding carboxylic acids is 2. The minimum Gasteiger partial charge on any atom is -0.490 e. The lowest BCUT2D eigenvalue weighted by Gasteiger charge is -2.30. The van der Waals surface area contributed by atoms with E-state index in [1.807, 2.05) is 18.5 Å². The van der Waals surface area contributed by atoms with Crippen molar-refractivity contribution < 1.29 is 39.9 Å². The molecule has 2 aliphatic carbocycles. The summed E-state index contributed by atoms with van der Waals surface area (Å²) in [5, 5.41) is 51.9. The zero-order valence-corrected chi connectivity index (χ0v) is 30.6. The molecule has 2 amide bonds. The van der Waals surface area contributed by atoms with Gasteiger partial charge in [-0.2, -0.15) is 0 Å². The number of hydrogen-bond donors (Lipinski definition) is 6. The summed E-state index contributed by atoms with van der Waals surface area (Å²) in [5.41, 5.74) is 7.46. The van der Waals surface area contributed by atoms with Crippen molar-refractivity contribution in [3.8, 4) is 16.9 Å². The van der Waals surface area contributed by atoms with Crippen molar-refractivity contribution in [1.82, 2.24) is 15.2 Å². The molecule has 0 aliphatic heterocycles. The van der Waals surface area contributed by atoms with Crippen molar-refractivity contribution in [2.45, 2.75) is 113 Å². The molecule has 1 unspecified atom stereocenters. The Morgan fingerprint density at radius 3 is 2.44 bits per heavy atom. The van der Waals surface area contributed by atoms with Crippen LogP contribution in [0.1, 0.15) is 86.5 Å². The molecule has 5 rings (SSSR count). The van der Waals surface area contributed by atoms with Crippen LogP contribution < -0.4 is 10.1 Å². The third-order valence-corrected chi connectivity index (χ3v) is 10.8. The number of nitrogens with one attached hydrogen (secondary N) is 1. The highest BCUT2D eigenvalue weighted by Gasteiger charge is 2.45. The van der Waals surface area contributed by atoms with Crippen molar-refractivity contribution >= 4 is 11.8 Å². The quantitative estimate of drug-likeness (QED) is 0.102. The van der Waals surface area contributed by atoms with Gasteiger partial charge < -0.3 is 40.5 Å². The second-order valence-corrected chi connectivity index (χ2v) is 14.7. The molecule has 0 saturated heterocycles.